The zero-order chi connectivity index (χ0) is 15.5. The molecule has 0 aromatic carbocycles. The monoisotopic (exact) mass is 284 g/mol. The molecule has 1 aliphatic heterocycles. The molecule has 0 aliphatic carbocycles. The highest BCUT2D eigenvalue weighted by molar-refractivity contribution is 5.65. The van der Waals surface area contributed by atoms with Crippen LogP contribution in [0.1, 0.15) is 31.7 Å². The standard InChI is InChI=1S/C17H20N2O2/c1-13-6-4-8-15(18-13)9-5-7-14-10-11-19(16(20)21)12-17(14,2)3/h4,6-8H,10-12H2,1-3H3,(H,20,21)/b14-7+. The molecule has 21 heavy (non-hydrogen) atoms. The maximum absolute atomic E-state index is 11.0. The summed E-state index contributed by atoms with van der Waals surface area (Å²) in [6, 6.07) is 5.76. The summed E-state index contributed by atoms with van der Waals surface area (Å²) >= 11 is 0. The number of aromatic nitrogens is 1. The average Bonchev–Trinajstić information content (AvgIpc) is 2.40. The molecular formula is C17H20N2O2. The smallest absolute Gasteiger partial charge is 0.407 e. The van der Waals surface area contributed by atoms with Crippen molar-refractivity contribution in [1.29, 1.82) is 0 Å². The number of hydrogen-bond acceptors (Lipinski definition) is 2. The number of pyridine rings is 1. The van der Waals surface area contributed by atoms with Crippen LogP contribution in [0.25, 0.3) is 0 Å². The van der Waals surface area contributed by atoms with Crippen LogP contribution in [0.5, 0.6) is 0 Å². The lowest BCUT2D eigenvalue weighted by Gasteiger charge is -2.38. The Balaban J connectivity index is 2.14. The summed E-state index contributed by atoms with van der Waals surface area (Å²) in [5, 5.41) is 9.08. The first kappa shape index (κ1) is 15.1. The third kappa shape index (κ3) is 3.85. The van der Waals surface area contributed by atoms with Crippen LogP contribution in [-0.2, 0) is 0 Å². The Labute approximate surface area is 125 Å². The molecule has 2 rings (SSSR count). The van der Waals surface area contributed by atoms with Crippen molar-refractivity contribution < 1.29 is 9.90 Å². The number of hydrogen-bond donors (Lipinski definition) is 1. The van der Waals surface area contributed by atoms with Crippen LogP contribution in [0.4, 0.5) is 4.79 Å². The number of amides is 1. The third-order valence-electron chi connectivity index (χ3n) is 3.71. The molecule has 4 heteroatoms. The van der Waals surface area contributed by atoms with Gasteiger partial charge in [0.2, 0.25) is 0 Å². The lowest BCUT2D eigenvalue weighted by Crippen LogP contribution is -2.44. The molecule has 4 nitrogen and oxygen atoms in total. The maximum Gasteiger partial charge on any atom is 0.407 e. The van der Waals surface area contributed by atoms with E-state index in [-0.39, 0.29) is 5.41 Å². The minimum atomic E-state index is -0.850. The number of likely N-dealkylation sites (tertiary alicyclic amines) is 1. The van der Waals surface area contributed by atoms with Crippen LogP contribution < -0.4 is 0 Å². The number of carboxylic acid groups (broad SMARTS) is 1. The highest BCUT2D eigenvalue weighted by Gasteiger charge is 2.32. The predicted octanol–water partition coefficient (Wildman–Crippen LogP) is 3.08. The molecular weight excluding hydrogens is 264 g/mol. The summed E-state index contributed by atoms with van der Waals surface area (Å²) in [5.74, 6) is 6.09. The Morgan fingerprint density at radius 1 is 1.48 bits per heavy atom. The fourth-order valence-corrected chi connectivity index (χ4v) is 2.49. The van der Waals surface area contributed by atoms with Gasteiger partial charge in [0.15, 0.2) is 0 Å². The molecule has 0 bridgehead atoms. The Hall–Kier alpha value is -2.28. The lowest BCUT2D eigenvalue weighted by atomic mass is 9.79. The van der Waals surface area contributed by atoms with Gasteiger partial charge in [-0.25, -0.2) is 9.78 Å². The second-order valence-electron chi connectivity index (χ2n) is 5.94. The molecule has 0 unspecified atom stereocenters. The summed E-state index contributed by atoms with van der Waals surface area (Å²) in [6.45, 7) is 7.10. The molecule has 0 atom stereocenters. The van der Waals surface area contributed by atoms with Gasteiger partial charge in [-0.2, -0.15) is 0 Å². The second kappa shape index (κ2) is 6.01. The molecule has 1 saturated heterocycles. The zero-order valence-electron chi connectivity index (χ0n) is 12.7. The molecule has 1 amide bonds. The summed E-state index contributed by atoms with van der Waals surface area (Å²) in [7, 11) is 0. The van der Waals surface area contributed by atoms with Crippen LogP contribution in [0.2, 0.25) is 0 Å². The molecule has 2 heterocycles. The van der Waals surface area contributed by atoms with Gasteiger partial charge in [-0.1, -0.05) is 31.4 Å². The Morgan fingerprint density at radius 2 is 2.24 bits per heavy atom. The van der Waals surface area contributed by atoms with Gasteiger partial charge in [0, 0.05) is 24.2 Å². The summed E-state index contributed by atoms with van der Waals surface area (Å²) < 4.78 is 0. The largest absolute Gasteiger partial charge is 0.465 e. The SMILES string of the molecule is Cc1cccc(C#C/C=C2\CCN(C(=O)O)CC2(C)C)n1. The highest BCUT2D eigenvalue weighted by Crippen LogP contribution is 2.33. The van der Waals surface area contributed by atoms with Crippen LogP contribution in [0, 0.1) is 24.2 Å². The third-order valence-corrected chi connectivity index (χ3v) is 3.71. The van der Waals surface area contributed by atoms with E-state index in [1.165, 1.54) is 10.5 Å². The van der Waals surface area contributed by atoms with Crippen molar-refractivity contribution in [2.75, 3.05) is 13.1 Å². The van der Waals surface area contributed by atoms with Gasteiger partial charge in [-0.15, -0.1) is 0 Å². The van der Waals surface area contributed by atoms with Gasteiger partial charge in [0.1, 0.15) is 5.69 Å². The molecule has 1 aromatic heterocycles. The van der Waals surface area contributed by atoms with Gasteiger partial charge in [-0.05, 0) is 37.5 Å². The van der Waals surface area contributed by atoms with Crippen molar-refractivity contribution in [2.24, 2.45) is 5.41 Å². The highest BCUT2D eigenvalue weighted by atomic mass is 16.4. The van der Waals surface area contributed by atoms with Gasteiger partial charge < -0.3 is 10.0 Å². The van der Waals surface area contributed by atoms with Crippen molar-refractivity contribution in [1.82, 2.24) is 9.88 Å². The van der Waals surface area contributed by atoms with E-state index in [4.69, 9.17) is 5.11 Å². The van der Waals surface area contributed by atoms with Gasteiger partial charge >= 0.3 is 6.09 Å². The molecule has 0 saturated carbocycles. The first-order chi connectivity index (χ1) is 9.88. The number of rotatable bonds is 0. The Bertz CT molecular complexity index is 636. The van der Waals surface area contributed by atoms with Gasteiger partial charge in [-0.3, -0.25) is 0 Å². The van der Waals surface area contributed by atoms with Crippen molar-refractivity contribution in [3.63, 3.8) is 0 Å². The van der Waals surface area contributed by atoms with Crippen molar-refractivity contribution in [3.8, 4) is 11.8 Å². The quantitative estimate of drug-likeness (QED) is 0.745. The van der Waals surface area contributed by atoms with Crippen LogP contribution in [0.15, 0.2) is 29.8 Å². The number of nitrogens with zero attached hydrogens (tertiary/aromatic N) is 2. The first-order valence-corrected chi connectivity index (χ1v) is 7.01. The van der Waals surface area contributed by atoms with Crippen molar-refractivity contribution >= 4 is 6.09 Å². The van der Waals surface area contributed by atoms with E-state index in [0.29, 0.717) is 13.1 Å². The van der Waals surface area contributed by atoms with E-state index >= 15 is 0 Å². The Morgan fingerprint density at radius 3 is 2.86 bits per heavy atom. The number of aryl methyl sites for hydroxylation is 1. The van der Waals surface area contributed by atoms with E-state index in [0.717, 1.165) is 17.8 Å². The van der Waals surface area contributed by atoms with E-state index in [9.17, 15) is 4.79 Å². The molecule has 1 fully saturated rings. The summed E-state index contributed by atoms with van der Waals surface area (Å²) in [5.41, 5.74) is 2.73. The van der Waals surface area contributed by atoms with Gasteiger partial charge in [0.25, 0.3) is 0 Å². The fraction of sp³-hybridized carbons (Fsp3) is 0.412. The minimum Gasteiger partial charge on any atom is -0.465 e. The molecule has 0 spiro atoms. The van der Waals surface area contributed by atoms with Crippen LogP contribution in [-0.4, -0.2) is 34.2 Å². The number of allylic oxidation sites excluding steroid dienone is 1. The fourth-order valence-electron chi connectivity index (χ4n) is 2.49. The van der Waals surface area contributed by atoms with Crippen molar-refractivity contribution in [3.05, 3.63) is 41.2 Å². The Kier molecular flexibility index (Phi) is 4.32. The van der Waals surface area contributed by atoms with Crippen LogP contribution >= 0.6 is 0 Å². The minimum absolute atomic E-state index is 0.175. The second-order valence-corrected chi connectivity index (χ2v) is 5.94. The molecule has 1 aromatic rings. The van der Waals surface area contributed by atoms with E-state index in [1.54, 1.807) is 0 Å². The molecule has 0 radical (unpaired) electrons. The predicted molar refractivity (Wildman–Crippen MR) is 81.9 cm³/mol. The van der Waals surface area contributed by atoms with Gasteiger partial charge in [0.05, 0.1) is 0 Å². The number of carbonyl (C=O) groups is 1. The van der Waals surface area contributed by atoms with E-state index < -0.39 is 6.09 Å². The molecule has 1 N–H and O–H groups in total. The van der Waals surface area contributed by atoms with E-state index in [1.807, 2.05) is 31.2 Å². The first-order valence-electron chi connectivity index (χ1n) is 7.01. The normalized spacial score (nSPS) is 19.0. The lowest BCUT2D eigenvalue weighted by molar-refractivity contribution is 0.117. The molecule has 1 aliphatic rings. The maximum atomic E-state index is 11.0. The topological polar surface area (TPSA) is 53.4 Å². The molecule has 110 valence electrons. The van der Waals surface area contributed by atoms with E-state index in [2.05, 4.69) is 30.7 Å². The average molecular weight is 284 g/mol. The summed E-state index contributed by atoms with van der Waals surface area (Å²) in [4.78, 5) is 16.9. The number of piperidine rings is 1. The summed E-state index contributed by atoms with van der Waals surface area (Å²) in [6.07, 6.45) is 1.80. The van der Waals surface area contributed by atoms with Crippen LogP contribution in [0.3, 0.4) is 0 Å². The van der Waals surface area contributed by atoms with Crippen molar-refractivity contribution in [2.45, 2.75) is 27.2 Å². The zero-order valence-corrected chi connectivity index (χ0v) is 12.7.